The average Bonchev–Trinajstić information content (AvgIpc) is 2.90. The van der Waals surface area contributed by atoms with E-state index in [1.807, 2.05) is 29.5 Å². The number of thiophene rings is 1. The van der Waals surface area contributed by atoms with Gasteiger partial charge in [0, 0.05) is 8.45 Å². The van der Waals surface area contributed by atoms with Crippen molar-refractivity contribution in [3.63, 3.8) is 0 Å². The molecule has 0 aliphatic carbocycles. The van der Waals surface area contributed by atoms with Crippen LogP contribution in [0.15, 0.2) is 24.3 Å². The van der Waals surface area contributed by atoms with Crippen LogP contribution >= 0.6 is 33.9 Å². The number of carbonyl (C=O) groups excluding carboxylic acids is 2. The lowest BCUT2D eigenvalue weighted by molar-refractivity contribution is 0.0528. The predicted octanol–water partition coefficient (Wildman–Crippen LogP) is 4.48. The van der Waals surface area contributed by atoms with Crippen LogP contribution in [0, 0.1) is 9.39 Å². The van der Waals surface area contributed by atoms with E-state index in [0.717, 1.165) is 11.3 Å². The monoisotopic (exact) mass is 447 g/mol. The topological polar surface area (TPSA) is 55.4 Å². The quantitative estimate of drug-likeness (QED) is 0.543. The van der Waals surface area contributed by atoms with Gasteiger partial charge >= 0.3 is 5.97 Å². The molecule has 0 saturated heterocycles. The van der Waals surface area contributed by atoms with Gasteiger partial charge in [-0.25, -0.2) is 9.18 Å². The molecule has 4 nitrogen and oxygen atoms in total. The van der Waals surface area contributed by atoms with Crippen LogP contribution in [0.4, 0.5) is 9.39 Å². The van der Waals surface area contributed by atoms with E-state index in [4.69, 9.17) is 4.74 Å². The van der Waals surface area contributed by atoms with Gasteiger partial charge in [0.15, 0.2) is 0 Å². The molecule has 0 atom stereocenters. The minimum absolute atomic E-state index is 0.263. The van der Waals surface area contributed by atoms with E-state index in [9.17, 15) is 14.0 Å². The molecule has 0 fully saturated rings. The normalized spacial score (nSPS) is 10.4. The Kier molecular flexibility index (Phi) is 6.11. The molecule has 2 aromatic rings. The van der Waals surface area contributed by atoms with E-state index in [1.165, 1.54) is 29.5 Å². The molecule has 122 valence electrons. The largest absolute Gasteiger partial charge is 0.462 e. The highest BCUT2D eigenvalue weighted by Crippen LogP contribution is 2.30. The third kappa shape index (κ3) is 4.29. The summed E-state index contributed by atoms with van der Waals surface area (Å²) in [5, 5.41) is 3.18. The van der Waals surface area contributed by atoms with Gasteiger partial charge in [-0.15, -0.1) is 11.3 Å². The summed E-state index contributed by atoms with van der Waals surface area (Å²) >= 11 is 3.24. The fourth-order valence-electron chi connectivity index (χ4n) is 1.91. The molecule has 0 bridgehead atoms. The Morgan fingerprint density at radius 3 is 2.61 bits per heavy atom. The van der Waals surface area contributed by atoms with Gasteiger partial charge in [-0.05, 0) is 60.2 Å². The van der Waals surface area contributed by atoms with Gasteiger partial charge in [-0.1, -0.05) is 6.92 Å². The first-order chi connectivity index (χ1) is 11.0. The first-order valence-corrected chi connectivity index (χ1v) is 8.92. The molecule has 7 heteroatoms. The van der Waals surface area contributed by atoms with E-state index in [1.54, 1.807) is 13.0 Å². The fourth-order valence-corrected chi connectivity index (χ4v) is 3.62. The Labute approximate surface area is 151 Å². The van der Waals surface area contributed by atoms with Crippen molar-refractivity contribution in [1.29, 1.82) is 0 Å². The smallest absolute Gasteiger partial charge is 0.341 e. The first-order valence-electron chi connectivity index (χ1n) is 7.02. The summed E-state index contributed by atoms with van der Waals surface area (Å²) in [6.45, 7) is 3.96. The lowest BCUT2D eigenvalue weighted by Crippen LogP contribution is -2.15. The number of ether oxygens (including phenoxy) is 1. The van der Waals surface area contributed by atoms with Crippen LogP contribution in [0.3, 0.4) is 0 Å². The van der Waals surface area contributed by atoms with Gasteiger partial charge < -0.3 is 10.1 Å². The average molecular weight is 447 g/mol. The van der Waals surface area contributed by atoms with E-state index in [2.05, 4.69) is 5.32 Å². The highest BCUT2D eigenvalue weighted by atomic mass is 127. The van der Waals surface area contributed by atoms with Gasteiger partial charge in [0.2, 0.25) is 0 Å². The second-order valence-electron chi connectivity index (χ2n) is 4.61. The van der Waals surface area contributed by atoms with Crippen LogP contribution < -0.4 is 5.32 Å². The molecule has 1 heterocycles. The van der Waals surface area contributed by atoms with Crippen molar-refractivity contribution >= 4 is 50.8 Å². The molecule has 0 aliphatic rings. The minimum atomic E-state index is -0.465. The molecule has 0 aliphatic heterocycles. The van der Waals surface area contributed by atoms with Crippen molar-refractivity contribution in [2.75, 3.05) is 11.9 Å². The Hall–Kier alpha value is -1.48. The van der Waals surface area contributed by atoms with Crippen molar-refractivity contribution in [2.45, 2.75) is 20.3 Å². The van der Waals surface area contributed by atoms with Crippen molar-refractivity contribution in [3.05, 3.63) is 49.7 Å². The number of esters is 1. The number of carbonyl (C=O) groups is 2. The van der Waals surface area contributed by atoms with Crippen molar-refractivity contribution in [1.82, 2.24) is 0 Å². The third-order valence-electron chi connectivity index (χ3n) is 3.03. The molecular formula is C16H15FINO3S. The maximum atomic E-state index is 13.1. The minimum Gasteiger partial charge on any atom is -0.462 e. The number of aryl methyl sites for hydroxylation is 1. The maximum absolute atomic E-state index is 13.1. The number of amides is 1. The predicted molar refractivity (Wildman–Crippen MR) is 96.7 cm³/mol. The van der Waals surface area contributed by atoms with E-state index in [-0.39, 0.29) is 12.5 Å². The maximum Gasteiger partial charge on any atom is 0.341 e. The Balaban J connectivity index is 2.29. The Morgan fingerprint density at radius 2 is 2.00 bits per heavy atom. The first kappa shape index (κ1) is 17.9. The van der Waals surface area contributed by atoms with Crippen molar-refractivity contribution in [3.8, 4) is 0 Å². The SMILES string of the molecule is CCOC(=O)c1cc(CC)sc1NC(=O)c1ccc(F)cc1I. The molecule has 0 saturated carbocycles. The number of nitrogens with one attached hydrogen (secondary N) is 1. The van der Waals surface area contributed by atoms with Crippen LogP contribution in [0.5, 0.6) is 0 Å². The summed E-state index contributed by atoms with van der Waals surface area (Å²) in [6.07, 6.45) is 0.751. The molecule has 0 unspecified atom stereocenters. The number of hydrogen-bond acceptors (Lipinski definition) is 4. The summed E-state index contributed by atoms with van der Waals surface area (Å²) in [4.78, 5) is 25.4. The molecule has 0 spiro atoms. The number of anilines is 1. The number of benzene rings is 1. The van der Waals surface area contributed by atoms with Crippen LogP contribution in [0.2, 0.25) is 0 Å². The van der Waals surface area contributed by atoms with Gasteiger partial charge in [-0.3, -0.25) is 4.79 Å². The van der Waals surface area contributed by atoms with E-state index < -0.39 is 11.8 Å². The Morgan fingerprint density at radius 1 is 1.26 bits per heavy atom. The standard InChI is InChI=1S/C16H15FINO3S/c1-3-10-8-12(16(21)22-4-2)15(23-10)19-14(20)11-6-5-9(17)7-13(11)18/h5-8H,3-4H2,1-2H3,(H,19,20). The third-order valence-corrected chi connectivity index (χ3v) is 5.12. The summed E-state index contributed by atoms with van der Waals surface area (Å²) in [5.74, 6) is -1.25. The zero-order valence-electron chi connectivity index (χ0n) is 12.6. The zero-order chi connectivity index (χ0) is 17.0. The van der Waals surface area contributed by atoms with Gasteiger partial charge in [-0.2, -0.15) is 0 Å². The molecule has 1 N–H and O–H groups in total. The number of hydrogen-bond donors (Lipinski definition) is 1. The fraction of sp³-hybridized carbons (Fsp3) is 0.250. The zero-order valence-corrected chi connectivity index (χ0v) is 15.6. The summed E-state index contributed by atoms with van der Waals surface area (Å²) < 4.78 is 18.7. The molecule has 0 radical (unpaired) electrons. The second-order valence-corrected chi connectivity index (χ2v) is 6.91. The van der Waals surface area contributed by atoms with Gasteiger partial charge in [0.05, 0.1) is 17.7 Å². The summed E-state index contributed by atoms with van der Waals surface area (Å²) in [5.41, 5.74) is 0.701. The van der Waals surface area contributed by atoms with Gasteiger partial charge in [0.1, 0.15) is 10.8 Å². The lowest BCUT2D eigenvalue weighted by atomic mass is 10.2. The Bertz CT molecular complexity index is 745. The van der Waals surface area contributed by atoms with Crippen molar-refractivity contribution < 1.29 is 18.7 Å². The molecular weight excluding hydrogens is 432 g/mol. The van der Waals surface area contributed by atoms with E-state index in [0.29, 0.717) is 19.7 Å². The lowest BCUT2D eigenvalue weighted by Gasteiger charge is -2.07. The van der Waals surface area contributed by atoms with E-state index >= 15 is 0 Å². The second kappa shape index (κ2) is 7.87. The van der Waals surface area contributed by atoms with Gasteiger partial charge in [0.25, 0.3) is 5.91 Å². The molecule has 1 aromatic heterocycles. The summed E-state index contributed by atoms with van der Waals surface area (Å²) in [7, 11) is 0. The molecule has 1 aromatic carbocycles. The van der Waals surface area contributed by atoms with Crippen LogP contribution in [0.25, 0.3) is 0 Å². The summed E-state index contributed by atoms with van der Waals surface area (Å²) in [6, 6.07) is 5.67. The highest BCUT2D eigenvalue weighted by Gasteiger charge is 2.20. The molecule has 1 amide bonds. The molecule has 23 heavy (non-hydrogen) atoms. The number of halogens is 2. The molecule has 2 rings (SSSR count). The van der Waals surface area contributed by atoms with Crippen LogP contribution in [0.1, 0.15) is 39.4 Å². The van der Waals surface area contributed by atoms with Crippen molar-refractivity contribution in [2.24, 2.45) is 0 Å². The number of rotatable bonds is 5. The van der Waals surface area contributed by atoms with Crippen LogP contribution in [-0.4, -0.2) is 18.5 Å². The van der Waals surface area contributed by atoms with Crippen LogP contribution in [-0.2, 0) is 11.2 Å². The highest BCUT2D eigenvalue weighted by molar-refractivity contribution is 14.1.